The van der Waals surface area contributed by atoms with Crippen LogP contribution in [0.5, 0.6) is 0 Å². The Morgan fingerprint density at radius 1 is 1.57 bits per heavy atom. The summed E-state index contributed by atoms with van der Waals surface area (Å²) in [4.78, 5) is 0.955. The van der Waals surface area contributed by atoms with Gasteiger partial charge in [-0.25, -0.2) is 4.39 Å². The molecule has 2 nitrogen and oxygen atoms in total. The van der Waals surface area contributed by atoms with Crippen molar-refractivity contribution in [2.24, 2.45) is 5.73 Å². The Morgan fingerprint density at radius 2 is 2.29 bits per heavy atom. The first-order valence-corrected chi connectivity index (χ1v) is 5.39. The molecule has 0 aliphatic carbocycles. The van der Waals surface area contributed by atoms with Crippen molar-refractivity contribution < 1.29 is 9.50 Å². The molecule has 0 bridgehead atoms. The van der Waals surface area contributed by atoms with Crippen LogP contribution in [0.15, 0.2) is 23.1 Å². The van der Waals surface area contributed by atoms with E-state index < -0.39 is 6.10 Å². The Hall–Kier alpha value is -0.580. The van der Waals surface area contributed by atoms with Gasteiger partial charge in [0.2, 0.25) is 0 Å². The second kappa shape index (κ2) is 5.34. The largest absolute Gasteiger partial charge is 0.391 e. The zero-order valence-electron chi connectivity index (χ0n) is 8.03. The van der Waals surface area contributed by atoms with E-state index in [9.17, 15) is 9.50 Å². The van der Waals surface area contributed by atoms with Crippen molar-refractivity contribution in [3.63, 3.8) is 0 Å². The lowest BCUT2D eigenvalue weighted by molar-refractivity contribution is 0.208. The van der Waals surface area contributed by atoms with Gasteiger partial charge in [-0.2, -0.15) is 0 Å². The molecule has 0 spiro atoms. The number of aliphatic hydroxyl groups excluding tert-OH is 1. The topological polar surface area (TPSA) is 46.2 Å². The second-order valence-corrected chi connectivity index (χ2v) is 4.20. The number of rotatable bonds is 4. The van der Waals surface area contributed by atoms with Gasteiger partial charge in [-0.05, 0) is 30.7 Å². The molecule has 0 aliphatic rings. The molecule has 0 aliphatic heterocycles. The van der Waals surface area contributed by atoms with Crippen molar-refractivity contribution >= 4 is 11.8 Å². The maximum absolute atomic E-state index is 12.9. The number of thioether (sulfide) groups is 1. The third kappa shape index (κ3) is 3.29. The van der Waals surface area contributed by atoms with Gasteiger partial charge in [-0.3, -0.25) is 0 Å². The minimum Gasteiger partial charge on any atom is -0.391 e. The normalized spacial score (nSPS) is 12.9. The number of benzene rings is 1. The van der Waals surface area contributed by atoms with Crippen molar-refractivity contribution in [3.8, 4) is 0 Å². The standard InChI is InChI=1S/C10H14FNOS/c1-7-4-9(2-3-10(7)11)14-6-8(13)5-12/h2-4,8,13H,5-6,12H2,1H3. The number of aliphatic hydroxyl groups is 1. The summed E-state index contributed by atoms with van der Waals surface area (Å²) < 4.78 is 12.9. The van der Waals surface area contributed by atoms with Crippen LogP contribution >= 0.6 is 11.8 Å². The van der Waals surface area contributed by atoms with Crippen LogP contribution in [0, 0.1) is 12.7 Å². The molecule has 14 heavy (non-hydrogen) atoms. The summed E-state index contributed by atoms with van der Waals surface area (Å²) in [6.07, 6.45) is -0.495. The van der Waals surface area contributed by atoms with Gasteiger partial charge in [0.15, 0.2) is 0 Å². The maximum Gasteiger partial charge on any atom is 0.126 e. The Labute approximate surface area is 87.3 Å². The Bertz CT molecular complexity index is 306. The van der Waals surface area contributed by atoms with Crippen LogP contribution in [0.2, 0.25) is 0 Å². The lowest BCUT2D eigenvalue weighted by Crippen LogP contribution is -2.21. The molecular weight excluding hydrogens is 201 g/mol. The van der Waals surface area contributed by atoms with Gasteiger partial charge >= 0.3 is 0 Å². The van der Waals surface area contributed by atoms with E-state index in [1.165, 1.54) is 17.8 Å². The number of aryl methyl sites for hydroxylation is 1. The Kier molecular flexibility index (Phi) is 4.38. The molecule has 1 unspecified atom stereocenters. The molecule has 0 saturated carbocycles. The maximum atomic E-state index is 12.9. The number of halogens is 1. The first kappa shape index (κ1) is 11.5. The molecule has 0 heterocycles. The van der Waals surface area contributed by atoms with Crippen molar-refractivity contribution in [2.75, 3.05) is 12.3 Å². The number of hydrogen-bond acceptors (Lipinski definition) is 3. The van der Waals surface area contributed by atoms with Crippen molar-refractivity contribution in [1.29, 1.82) is 0 Å². The molecule has 0 saturated heterocycles. The van der Waals surface area contributed by atoms with Gasteiger partial charge in [0.25, 0.3) is 0 Å². The summed E-state index contributed by atoms with van der Waals surface area (Å²) in [5.41, 5.74) is 5.89. The van der Waals surface area contributed by atoms with E-state index in [0.29, 0.717) is 11.3 Å². The zero-order chi connectivity index (χ0) is 10.6. The summed E-state index contributed by atoms with van der Waals surface area (Å²) in [6, 6.07) is 4.91. The van der Waals surface area contributed by atoms with Crippen molar-refractivity contribution in [2.45, 2.75) is 17.9 Å². The predicted octanol–water partition coefficient (Wildman–Crippen LogP) is 1.55. The fraction of sp³-hybridized carbons (Fsp3) is 0.400. The number of nitrogens with two attached hydrogens (primary N) is 1. The van der Waals surface area contributed by atoms with Crippen LogP contribution in [0.3, 0.4) is 0 Å². The quantitative estimate of drug-likeness (QED) is 0.749. The van der Waals surface area contributed by atoms with Gasteiger partial charge in [0.1, 0.15) is 5.82 Å². The first-order chi connectivity index (χ1) is 6.63. The fourth-order valence-corrected chi connectivity index (χ4v) is 1.91. The summed E-state index contributed by atoms with van der Waals surface area (Å²) in [5.74, 6) is 0.343. The van der Waals surface area contributed by atoms with Crippen LogP contribution in [-0.4, -0.2) is 23.5 Å². The van der Waals surface area contributed by atoms with E-state index in [4.69, 9.17) is 5.73 Å². The van der Waals surface area contributed by atoms with E-state index in [-0.39, 0.29) is 12.4 Å². The third-order valence-corrected chi connectivity index (χ3v) is 2.98. The predicted molar refractivity (Wildman–Crippen MR) is 56.9 cm³/mol. The Morgan fingerprint density at radius 3 is 2.86 bits per heavy atom. The first-order valence-electron chi connectivity index (χ1n) is 4.40. The molecule has 4 heteroatoms. The zero-order valence-corrected chi connectivity index (χ0v) is 8.85. The van der Waals surface area contributed by atoms with Gasteiger partial charge < -0.3 is 10.8 Å². The molecule has 78 valence electrons. The second-order valence-electron chi connectivity index (χ2n) is 3.11. The van der Waals surface area contributed by atoms with Gasteiger partial charge in [-0.1, -0.05) is 0 Å². The molecule has 1 atom stereocenters. The molecule has 1 rings (SSSR count). The van der Waals surface area contributed by atoms with E-state index in [1.807, 2.05) is 0 Å². The highest BCUT2D eigenvalue weighted by Gasteiger charge is 2.03. The highest BCUT2D eigenvalue weighted by molar-refractivity contribution is 7.99. The van der Waals surface area contributed by atoms with Crippen LogP contribution in [0.25, 0.3) is 0 Å². The van der Waals surface area contributed by atoms with E-state index in [0.717, 1.165) is 4.90 Å². The molecule has 1 aromatic carbocycles. The molecule has 0 aromatic heterocycles. The van der Waals surface area contributed by atoms with E-state index in [1.54, 1.807) is 19.1 Å². The van der Waals surface area contributed by atoms with Crippen LogP contribution in [0.4, 0.5) is 4.39 Å². The summed E-state index contributed by atoms with van der Waals surface area (Å²) in [7, 11) is 0. The Balaban J connectivity index is 2.55. The van der Waals surface area contributed by atoms with Crippen LogP contribution < -0.4 is 5.73 Å². The fourth-order valence-electron chi connectivity index (χ4n) is 0.967. The highest BCUT2D eigenvalue weighted by atomic mass is 32.2. The van der Waals surface area contributed by atoms with E-state index >= 15 is 0 Å². The lowest BCUT2D eigenvalue weighted by atomic mass is 10.2. The van der Waals surface area contributed by atoms with Gasteiger partial charge in [0, 0.05) is 17.2 Å². The molecular formula is C10H14FNOS. The van der Waals surface area contributed by atoms with Crippen LogP contribution in [-0.2, 0) is 0 Å². The molecule has 0 radical (unpaired) electrons. The summed E-state index contributed by atoms with van der Waals surface area (Å²) in [5, 5.41) is 9.22. The van der Waals surface area contributed by atoms with Gasteiger partial charge in [0.05, 0.1) is 6.10 Å². The number of hydrogen-bond donors (Lipinski definition) is 2. The molecule has 1 aromatic rings. The minimum absolute atomic E-state index is 0.200. The molecule has 0 fully saturated rings. The SMILES string of the molecule is Cc1cc(SCC(O)CN)ccc1F. The van der Waals surface area contributed by atoms with Crippen molar-refractivity contribution in [3.05, 3.63) is 29.6 Å². The smallest absolute Gasteiger partial charge is 0.126 e. The summed E-state index contributed by atoms with van der Waals surface area (Å²) >= 11 is 1.48. The molecule has 0 amide bonds. The summed E-state index contributed by atoms with van der Waals surface area (Å²) in [6.45, 7) is 1.98. The van der Waals surface area contributed by atoms with E-state index in [2.05, 4.69) is 0 Å². The third-order valence-electron chi connectivity index (χ3n) is 1.84. The molecule has 3 N–H and O–H groups in total. The lowest BCUT2D eigenvalue weighted by Gasteiger charge is -2.07. The highest BCUT2D eigenvalue weighted by Crippen LogP contribution is 2.21. The van der Waals surface area contributed by atoms with Gasteiger partial charge in [-0.15, -0.1) is 11.8 Å². The minimum atomic E-state index is -0.495. The van der Waals surface area contributed by atoms with Crippen molar-refractivity contribution in [1.82, 2.24) is 0 Å². The monoisotopic (exact) mass is 215 g/mol. The average Bonchev–Trinajstić information content (AvgIpc) is 2.19. The van der Waals surface area contributed by atoms with Crippen LogP contribution in [0.1, 0.15) is 5.56 Å². The average molecular weight is 215 g/mol.